The molecule has 1 aromatic heterocycles. The second kappa shape index (κ2) is 5.71. The quantitative estimate of drug-likeness (QED) is 0.665. The molecule has 2 aromatic rings. The molecule has 0 spiro atoms. The second-order valence-corrected chi connectivity index (χ2v) is 4.74. The zero-order valence-electron chi connectivity index (χ0n) is 10.6. The van der Waals surface area contributed by atoms with Crippen molar-refractivity contribution in [3.05, 3.63) is 58.9 Å². The van der Waals surface area contributed by atoms with Crippen LogP contribution in [-0.4, -0.2) is 17.9 Å². The topological polar surface area (TPSA) is 66.0 Å². The summed E-state index contributed by atoms with van der Waals surface area (Å²) in [6.45, 7) is 0.738. The van der Waals surface area contributed by atoms with Crippen molar-refractivity contribution < 1.29 is 0 Å². The van der Waals surface area contributed by atoms with Crippen molar-refractivity contribution in [1.82, 2.24) is 4.98 Å². The summed E-state index contributed by atoms with van der Waals surface area (Å²) < 4.78 is 0. The maximum absolute atomic E-state index is 7.30. The Labute approximate surface area is 117 Å². The number of halogens is 1. The van der Waals surface area contributed by atoms with E-state index in [-0.39, 0.29) is 5.84 Å². The Morgan fingerprint density at radius 3 is 2.74 bits per heavy atom. The van der Waals surface area contributed by atoms with Gasteiger partial charge in [0.2, 0.25) is 0 Å². The molecular formula is C14H15ClN4. The molecule has 0 amide bonds. The highest BCUT2D eigenvalue weighted by Gasteiger charge is 2.04. The van der Waals surface area contributed by atoms with E-state index in [0.29, 0.717) is 5.69 Å². The van der Waals surface area contributed by atoms with Gasteiger partial charge in [0.25, 0.3) is 0 Å². The monoisotopic (exact) mass is 274 g/mol. The van der Waals surface area contributed by atoms with Crippen LogP contribution in [0.2, 0.25) is 5.02 Å². The number of pyridine rings is 1. The van der Waals surface area contributed by atoms with Crippen LogP contribution >= 0.6 is 11.6 Å². The molecule has 0 saturated heterocycles. The van der Waals surface area contributed by atoms with Crippen molar-refractivity contribution in [1.29, 1.82) is 5.41 Å². The van der Waals surface area contributed by atoms with Gasteiger partial charge in [-0.1, -0.05) is 23.7 Å². The third-order valence-electron chi connectivity index (χ3n) is 2.77. The number of nitrogens with one attached hydrogen (secondary N) is 1. The van der Waals surface area contributed by atoms with Gasteiger partial charge in [-0.15, -0.1) is 0 Å². The van der Waals surface area contributed by atoms with E-state index in [1.165, 1.54) is 0 Å². The van der Waals surface area contributed by atoms with Gasteiger partial charge in [0.15, 0.2) is 0 Å². The van der Waals surface area contributed by atoms with Gasteiger partial charge in [0.05, 0.1) is 11.9 Å². The number of nitrogens with zero attached hydrogens (tertiary/aromatic N) is 2. The number of aromatic nitrogens is 1. The minimum absolute atomic E-state index is 0.0240. The third kappa shape index (κ3) is 3.45. The lowest BCUT2D eigenvalue weighted by atomic mass is 10.2. The van der Waals surface area contributed by atoms with Crippen molar-refractivity contribution in [3.63, 3.8) is 0 Å². The zero-order chi connectivity index (χ0) is 13.8. The molecule has 0 aliphatic rings. The largest absolute Gasteiger partial charge is 0.382 e. The van der Waals surface area contributed by atoms with Crippen molar-refractivity contribution >= 4 is 23.1 Å². The fourth-order valence-corrected chi connectivity index (χ4v) is 1.98. The van der Waals surface area contributed by atoms with E-state index >= 15 is 0 Å². The van der Waals surface area contributed by atoms with Crippen LogP contribution in [0.1, 0.15) is 11.3 Å². The highest BCUT2D eigenvalue weighted by atomic mass is 35.5. The molecule has 2 rings (SSSR count). The number of rotatable bonds is 4. The second-order valence-electron chi connectivity index (χ2n) is 4.30. The molecule has 0 bridgehead atoms. The first-order chi connectivity index (χ1) is 9.06. The first-order valence-electron chi connectivity index (χ1n) is 5.82. The van der Waals surface area contributed by atoms with Crippen LogP contribution in [0.4, 0.5) is 5.69 Å². The van der Waals surface area contributed by atoms with E-state index in [9.17, 15) is 0 Å². The van der Waals surface area contributed by atoms with Crippen LogP contribution in [0.5, 0.6) is 0 Å². The Bertz CT molecular complexity index is 580. The number of amidine groups is 1. The Morgan fingerprint density at radius 2 is 2.16 bits per heavy atom. The molecule has 0 aliphatic heterocycles. The number of hydrogen-bond acceptors (Lipinski definition) is 3. The molecule has 0 aliphatic carbocycles. The summed E-state index contributed by atoms with van der Waals surface area (Å²) in [7, 11) is 1.98. The molecule has 1 heterocycles. The average Bonchev–Trinajstić information content (AvgIpc) is 2.39. The lowest BCUT2D eigenvalue weighted by Gasteiger charge is -2.19. The smallest absolute Gasteiger partial charge is 0.141 e. The van der Waals surface area contributed by atoms with Crippen LogP contribution in [0.25, 0.3) is 0 Å². The number of benzene rings is 1. The van der Waals surface area contributed by atoms with E-state index in [1.54, 1.807) is 12.3 Å². The fourth-order valence-electron chi connectivity index (χ4n) is 1.77. The zero-order valence-corrected chi connectivity index (χ0v) is 11.4. The van der Waals surface area contributed by atoms with Crippen molar-refractivity contribution in [3.8, 4) is 0 Å². The average molecular weight is 275 g/mol. The molecule has 0 unspecified atom stereocenters. The molecule has 4 nitrogen and oxygen atoms in total. The molecular weight excluding hydrogens is 260 g/mol. The van der Waals surface area contributed by atoms with Crippen molar-refractivity contribution in [2.75, 3.05) is 11.9 Å². The number of hydrogen-bond donors (Lipinski definition) is 2. The van der Waals surface area contributed by atoms with E-state index in [0.717, 1.165) is 22.8 Å². The van der Waals surface area contributed by atoms with Crippen LogP contribution in [0, 0.1) is 5.41 Å². The van der Waals surface area contributed by atoms with E-state index in [4.69, 9.17) is 22.7 Å². The van der Waals surface area contributed by atoms with Gasteiger partial charge in [-0.05, 0) is 29.8 Å². The van der Waals surface area contributed by atoms with Crippen LogP contribution in [0.3, 0.4) is 0 Å². The molecule has 0 radical (unpaired) electrons. The minimum atomic E-state index is -0.0240. The molecule has 0 atom stereocenters. The standard InChI is InChI=1S/C14H15ClN4/c1-19(9-10-3-2-4-11(15)7-10)12-5-6-13(14(16)17)18-8-12/h2-8H,9H2,1H3,(H3,16,17). The number of anilines is 1. The third-order valence-corrected chi connectivity index (χ3v) is 3.01. The highest BCUT2D eigenvalue weighted by molar-refractivity contribution is 6.30. The Balaban J connectivity index is 2.11. The number of nitrogen functional groups attached to an aromatic ring is 1. The van der Waals surface area contributed by atoms with Gasteiger partial charge in [0.1, 0.15) is 11.5 Å². The molecule has 98 valence electrons. The summed E-state index contributed by atoms with van der Waals surface area (Å²) in [4.78, 5) is 6.20. The summed E-state index contributed by atoms with van der Waals surface area (Å²) in [6.07, 6.45) is 1.71. The van der Waals surface area contributed by atoms with Gasteiger partial charge in [-0.2, -0.15) is 0 Å². The lowest BCUT2D eigenvalue weighted by Crippen LogP contribution is -2.18. The van der Waals surface area contributed by atoms with Gasteiger partial charge in [-0.3, -0.25) is 10.4 Å². The Morgan fingerprint density at radius 1 is 1.37 bits per heavy atom. The lowest BCUT2D eigenvalue weighted by molar-refractivity contribution is 0.917. The van der Waals surface area contributed by atoms with E-state index in [1.807, 2.05) is 37.4 Å². The summed E-state index contributed by atoms with van der Waals surface area (Å²) in [5, 5.41) is 8.04. The van der Waals surface area contributed by atoms with Gasteiger partial charge in [-0.25, -0.2) is 0 Å². The van der Waals surface area contributed by atoms with E-state index < -0.39 is 0 Å². The first kappa shape index (κ1) is 13.4. The van der Waals surface area contributed by atoms with Crippen LogP contribution in [-0.2, 0) is 6.54 Å². The molecule has 0 saturated carbocycles. The molecule has 19 heavy (non-hydrogen) atoms. The predicted molar refractivity (Wildman–Crippen MR) is 78.8 cm³/mol. The molecule has 1 aromatic carbocycles. The Hall–Kier alpha value is -2.07. The molecule has 5 heteroatoms. The molecule has 0 fully saturated rings. The van der Waals surface area contributed by atoms with Gasteiger partial charge in [0, 0.05) is 18.6 Å². The fraction of sp³-hybridized carbons (Fsp3) is 0.143. The summed E-state index contributed by atoms with van der Waals surface area (Å²) >= 11 is 5.96. The predicted octanol–water partition coefficient (Wildman–Crippen LogP) is 2.66. The van der Waals surface area contributed by atoms with Gasteiger partial charge < -0.3 is 10.6 Å². The minimum Gasteiger partial charge on any atom is -0.382 e. The first-order valence-corrected chi connectivity index (χ1v) is 6.20. The van der Waals surface area contributed by atoms with Crippen LogP contribution < -0.4 is 10.6 Å². The normalized spacial score (nSPS) is 10.2. The van der Waals surface area contributed by atoms with Crippen LogP contribution in [0.15, 0.2) is 42.6 Å². The highest BCUT2D eigenvalue weighted by Crippen LogP contribution is 2.17. The Kier molecular flexibility index (Phi) is 4.02. The maximum Gasteiger partial charge on any atom is 0.141 e. The summed E-state index contributed by atoms with van der Waals surface area (Å²) in [6, 6.07) is 11.4. The maximum atomic E-state index is 7.30. The SMILES string of the molecule is CN(Cc1cccc(Cl)c1)c1ccc(C(=N)N)nc1. The van der Waals surface area contributed by atoms with E-state index in [2.05, 4.69) is 9.88 Å². The summed E-state index contributed by atoms with van der Waals surface area (Å²) in [5.41, 5.74) is 7.95. The summed E-state index contributed by atoms with van der Waals surface area (Å²) in [5.74, 6) is -0.0240. The molecule has 3 N–H and O–H groups in total. The number of nitrogens with two attached hydrogens (primary N) is 1. The van der Waals surface area contributed by atoms with Crippen molar-refractivity contribution in [2.24, 2.45) is 5.73 Å². The van der Waals surface area contributed by atoms with Crippen molar-refractivity contribution in [2.45, 2.75) is 6.54 Å². The van der Waals surface area contributed by atoms with Gasteiger partial charge >= 0.3 is 0 Å².